The number of halogens is 6. The molecule has 3 aromatic rings. The van der Waals surface area contributed by atoms with E-state index >= 15 is 0 Å². The van der Waals surface area contributed by atoms with E-state index in [0.29, 0.717) is 17.8 Å². The van der Waals surface area contributed by atoms with Gasteiger partial charge in [0.05, 0.1) is 11.9 Å². The molecule has 0 aliphatic heterocycles. The Kier molecular flexibility index (Phi) is 5.77. The predicted octanol–water partition coefficient (Wildman–Crippen LogP) is 4.45. The second-order valence-corrected chi connectivity index (χ2v) is 7.05. The van der Waals surface area contributed by atoms with Crippen molar-refractivity contribution in [1.82, 2.24) is 15.0 Å². The maximum absolute atomic E-state index is 13.0. The molecular weight excluding hydrogens is 442 g/mol. The highest BCUT2D eigenvalue weighted by Crippen LogP contribution is 2.50. The fourth-order valence-electron chi connectivity index (χ4n) is 2.84. The van der Waals surface area contributed by atoms with Gasteiger partial charge in [-0.3, -0.25) is 4.79 Å². The lowest BCUT2D eigenvalue weighted by molar-refractivity contribution is -0.376. The number of aromatic nitrogens is 3. The molecule has 0 aliphatic rings. The lowest BCUT2D eigenvalue weighted by Gasteiger charge is -2.32. The summed E-state index contributed by atoms with van der Waals surface area (Å²) in [6, 6.07) is 7.93. The number of anilines is 1. The number of aliphatic hydroxyl groups is 1. The zero-order chi connectivity index (χ0) is 23.9. The van der Waals surface area contributed by atoms with Gasteiger partial charge >= 0.3 is 12.4 Å². The van der Waals surface area contributed by atoms with Crippen molar-refractivity contribution in [2.45, 2.75) is 31.8 Å². The van der Waals surface area contributed by atoms with Crippen LogP contribution in [0, 0.1) is 13.8 Å². The quantitative estimate of drug-likeness (QED) is 0.567. The zero-order valence-corrected chi connectivity index (χ0v) is 16.6. The molecule has 2 aromatic carbocycles. The van der Waals surface area contributed by atoms with Crippen molar-refractivity contribution in [3.8, 4) is 5.69 Å². The molecule has 2 N–H and O–H groups in total. The van der Waals surface area contributed by atoms with Crippen molar-refractivity contribution in [2.75, 3.05) is 5.32 Å². The molecule has 6 nitrogen and oxygen atoms in total. The number of hydrogen-bond donors (Lipinski definition) is 2. The lowest BCUT2D eigenvalue weighted by atomic mass is 9.92. The molecule has 0 atom stereocenters. The van der Waals surface area contributed by atoms with E-state index in [0.717, 1.165) is 23.3 Å². The fraction of sp³-hybridized carbons (Fsp3) is 0.250. The van der Waals surface area contributed by atoms with Crippen LogP contribution in [0.2, 0.25) is 0 Å². The number of alkyl halides is 6. The van der Waals surface area contributed by atoms with Crippen LogP contribution in [0.4, 0.5) is 32.0 Å². The maximum atomic E-state index is 13.0. The monoisotopic (exact) mass is 458 g/mol. The Bertz CT molecular complexity index is 1120. The van der Waals surface area contributed by atoms with Crippen molar-refractivity contribution in [3.63, 3.8) is 0 Å². The Morgan fingerprint density at radius 3 is 2.06 bits per heavy atom. The fourth-order valence-corrected chi connectivity index (χ4v) is 2.84. The summed E-state index contributed by atoms with van der Waals surface area (Å²) in [5, 5.41) is 19.3. The van der Waals surface area contributed by atoms with Gasteiger partial charge in [-0.15, -0.1) is 5.10 Å². The minimum atomic E-state index is -6.00. The van der Waals surface area contributed by atoms with Crippen molar-refractivity contribution >= 4 is 11.6 Å². The van der Waals surface area contributed by atoms with Crippen LogP contribution < -0.4 is 5.32 Å². The Hall–Kier alpha value is -3.41. The van der Waals surface area contributed by atoms with Crippen LogP contribution >= 0.6 is 0 Å². The second kappa shape index (κ2) is 7.93. The van der Waals surface area contributed by atoms with Crippen LogP contribution in [0.15, 0.2) is 48.7 Å². The third-order valence-corrected chi connectivity index (χ3v) is 4.86. The van der Waals surface area contributed by atoms with Gasteiger partial charge in [0.2, 0.25) is 0 Å². The number of nitrogens with one attached hydrogen (secondary N) is 1. The normalized spacial score (nSPS) is 12.7. The second-order valence-electron chi connectivity index (χ2n) is 7.05. The Labute approximate surface area is 177 Å². The first-order chi connectivity index (χ1) is 14.7. The molecular formula is C20H16F6N4O2. The van der Waals surface area contributed by atoms with Crippen LogP contribution in [0.25, 0.3) is 5.69 Å². The van der Waals surface area contributed by atoms with E-state index in [-0.39, 0.29) is 11.4 Å². The molecule has 3 rings (SSSR count). The molecule has 0 aliphatic carbocycles. The van der Waals surface area contributed by atoms with E-state index in [9.17, 15) is 36.2 Å². The molecule has 0 spiro atoms. The summed E-state index contributed by atoms with van der Waals surface area (Å²) >= 11 is 0. The number of amides is 1. The first-order valence-electron chi connectivity index (χ1n) is 9.02. The summed E-state index contributed by atoms with van der Waals surface area (Å²) in [7, 11) is 0. The molecule has 0 unspecified atom stereocenters. The molecule has 0 saturated carbocycles. The number of benzene rings is 2. The summed E-state index contributed by atoms with van der Waals surface area (Å²) in [5.41, 5.74) is -4.03. The standard InChI is InChI=1S/C20H16F6N4O2/c1-11-3-8-15(9-12(11)2)30-10-16(28-29-30)17(31)27-14-6-4-13(5-7-14)18(32,19(21,22)23)20(24,25)26/h3-10,32H,1-2H3,(H,27,31). The van der Waals surface area contributed by atoms with Gasteiger partial charge in [0, 0.05) is 11.3 Å². The molecule has 0 bridgehead atoms. The van der Waals surface area contributed by atoms with Crippen LogP contribution in [0.5, 0.6) is 0 Å². The van der Waals surface area contributed by atoms with Gasteiger partial charge in [-0.25, -0.2) is 4.68 Å². The van der Waals surface area contributed by atoms with Gasteiger partial charge in [-0.2, -0.15) is 26.3 Å². The van der Waals surface area contributed by atoms with Gasteiger partial charge in [0.25, 0.3) is 11.5 Å². The molecule has 0 radical (unpaired) electrons. The van der Waals surface area contributed by atoms with Crippen LogP contribution in [0.1, 0.15) is 27.2 Å². The van der Waals surface area contributed by atoms with Gasteiger partial charge in [-0.1, -0.05) is 23.4 Å². The SMILES string of the molecule is Cc1ccc(-n2cc(C(=O)Nc3ccc(C(O)(C(F)(F)F)C(F)(F)F)cc3)nn2)cc1C. The average molecular weight is 458 g/mol. The summed E-state index contributed by atoms with van der Waals surface area (Å²) in [6.45, 7) is 3.82. The topological polar surface area (TPSA) is 80.0 Å². The van der Waals surface area contributed by atoms with E-state index in [2.05, 4.69) is 15.6 Å². The number of carbonyl (C=O) groups is 1. The highest BCUT2D eigenvalue weighted by Gasteiger charge is 2.71. The summed E-state index contributed by atoms with van der Waals surface area (Å²) < 4.78 is 79.0. The van der Waals surface area contributed by atoms with Gasteiger partial charge < -0.3 is 10.4 Å². The van der Waals surface area contributed by atoms with Crippen molar-refractivity contribution in [3.05, 3.63) is 71.0 Å². The molecule has 170 valence electrons. The maximum Gasteiger partial charge on any atom is 0.430 e. The summed E-state index contributed by atoms with van der Waals surface area (Å²) in [4.78, 5) is 12.3. The van der Waals surface area contributed by atoms with Gasteiger partial charge in [-0.05, 0) is 49.2 Å². The van der Waals surface area contributed by atoms with Crippen molar-refractivity contribution in [1.29, 1.82) is 0 Å². The minimum Gasteiger partial charge on any atom is -0.369 e. The molecule has 0 saturated heterocycles. The number of aryl methyl sites for hydroxylation is 2. The molecule has 12 heteroatoms. The zero-order valence-electron chi connectivity index (χ0n) is 16.6. The first kappa shape index (κ1) is 23.3. The van der Waals surface area contributed by atoms with E-state index in [1.807, 2.05) is 26.0 Å². The Morgan fingerprint density at radius 2 is 1.53 bits per heavy atom. The third-order valence-electron chi connectivity index (χ3n) is 4.86. The molecule has 1 aromatic heterocycles. The minimum absolute atomic E-state index is 0.105. The summed E-state index contributed by atoms with van der Waals surface area (Å²) in [5.74, 6) is -0.783. The lowest BCUT2D eigenvalue weighted by Crippen LogP contribution is -2.53. The number of hydrogen-bond acceptors (Lipinski definition) is 4. The average Bonchev–Trinajstić information content (AvgIpc) is 3.19. The largest absolute Gasteiger partial charge is 0.430 e. The Morgan fingerprint density at radius 1 is 0.938 bits per heavy atom. The van der Waals surface area contributed by atoms with Crippen LogP contribution in [0.3, 0.4) is 0 Å². The van der Waals surface area contributed by atoms with Crippen molar-refractivity contribution in [2.24, 2.45) is 0 Å². The smallest absolute Gasteiger partial charge is 0.369 e. The van der Waals surface area contributed by atoms with Gasteiger partial charge in [0.1, 0.15) is 0 Å². The van der Waals surface area contributed by atoms with Gasteiger partial charge in [0.15, 0.2) is 5.69 Å². The molecule has 0 fully saturated rings. The highest BCUT2D eigenvalue weighted by atomic mass is 19.4. The van der Waals surface area contributed by atoms with Crippen molar-refractivity contribution < 1.29 is 36.2 Å². The summed E-state index contributed by atoms with van der Waals surface area (Å²) in [6.07, 6.45) is -10.7. The Balaban J connectivity index is 1.79. The van der Waals surface area contributed by atoms with E-state index in [1.54, 1.807) is 6.07 Å². The van der Waals surface area contributed by atoms with Crippen LogP contribution in [-0.4, -0.2) is 38.4 Å². The first-order valence-corrected chi connectivity index (χ1v) is 9.02. The molecule has 1 heterocycles. The number of nitrogens with zero attached hydrogens (tertiary/aromatic N) is 3. The molecule has 1 amide bonds. The predicted molar refractivity (Wildman–Crippen MR) is 101 cm³/mol. The van der Waals surface area contributed by atoms with Crippen LogP contribution in [-0.2, 0) is 5.60 Å². The van der Waals surface area contributed by atoms with E-state index < -0.39 is 29.4 Å². The van der Waals surface area contributed by atoms with E-state index in [4.69, 9.17) is 0 Å². The highest BCUT2D eigenvalue weighted by molar-refractivity contribution is 6.02. The number of carbonyl (C=O) groups excluding carboxylic acids is 1. The third kappa shape index (κ3) is 4.17. The van der Waals surface area contributed by atoms with E-state index in [1.165, 1.54) is 10.9 Å². The number of rotatable bonds is 4. The molecule has 32 heavy (non-hydrogen) atoms.